The first-order valence-electron chi connectivity index (χ1n) is 5.03. The Kier molecular flexibility index (Phi) is 3.65. The van der Waals surface area contributed by atoms with E-state index in [2.05, 4.69) is 51.8 Å². The molecule has 0 saturated heterocycles. The molecule has 0 aliphatic carbocycles. The van der Waals surface area contributed by atoms with E-state index in [9.17, 15) is 0 Å². The third kappa shape index (κ3) is 2.73. The fourth-order valence-corrected chi connectivity index (χ4v) is 2.77. The Labute approximate surface area is 102 Å². The van der Waals surface area contributed by atoms with Gasteiger partial charge in [-0.25, -0.2) is 0 Å². The smallest absolute Gasteiger partial charge is 0.118 e. The standard InChI is InChI=1S/C12H13BrOS/c1-2-10-3-4-12(14-10)11(13)7-9-5-6-15-8-9/h3-6,8,11H,2,7H2,1H3. The molecule has 0 amide bonds. The predicted molar refractivity (Wildman–Crippen MR) is 67.8 cm³/mol. The van der Waals surface area contributed by atoms with Crippen LogP contribution in [-0.2, 0) is 12.8 Å². The molecule has 1 unspecified atom stereocenters. The Morgan fingerprint density at radius 3 is 2.87 bits per heavy atom. The Bertz CT molecular complexity index is 405. The second-order valence-electron chi connectivity index (χ2n) is 3.46. The Balaban J connectivity index is 2.04. The minimum atomic E-state index is 0.285. The summed E-state index contributed by atoms with van der Waals surface area (Å²) >= 11 is 5.40. The maximum absolute atomic E-state index is 5.70. The molecule has 2 rings (SSSR count). The van der Waals surface area contributed by atoms with Gasteiger partial charge in [0.2, 0.25) is 0 Å². The molecule has 2 aromatic heterocycles. The molecule has 15 heavy (non-hydrogen) atoms. The molecule has 0 radical (unpaired) electrons. The molecular weight excluding hydrogens is 272 g/mol. The summed E-state index contributed by atoms with van der Waals surface area (Å²) in [5.41, 5.74) is 1.36. The van der Waals surface area contributed by atoms with E-state index in [1.165, 1.54) is 5.56 Å². The summed E-state index contributed by atoms with van der Waals surface area (Å²) in [5, 5.41) is 4.28. The van der Waals surface area contributed by atoms with Crippen molar-refractivity contribution in [3.05, 3.63) is 46.0 Å². The summed E-state index contributed by atoms with van der Waals surface area (Å²) < 4.78 is 5.70. The normalized spacial score (nSPS) is 12.9. The van der Waals surface area contributed by atoms with E-state index in [1.807, 2.05) is 0 Å². The minimum Gasteiger partial charge on any atom is -0.465 e. The Morgan fingerprint density at radius 2 is 2.27 bits per heavy atom. The highest BCUT2D eigenvalue weighted by atomic mass is 79.9. The molecule has 80 valence electrons. The Morgan fingerprint density at radius 1 is 1.40 bits per heavy atom. The van der Waals surface area contributed by atoms with Crippen LogP contribution < -0.4 is 0 Å². The van der Waals surface area contributed by atoms with Gasteiger partial charge in [0, 0.05) is 6.42 Å². The van der Waals surface area contributed by atoms with Crippen LogP contribution in [0.1, 0.15) is 28.8 Å². The summed E-state index contributed by atoms with van der Waals surface area (Å²) in [7, 11) is 0. The van der Waals surface area contributed by atoms with Crippen molar-refractivity contribution in [1.82, 2.24) is 0 Å². The van der Waals surface area contributed by atoms with Crippen molar-refractivity contribution >= 4 is 27.3 Å². The number of rotatable bonds is 4. The lowest BCUT2D eigenvalue weighted by Crippen LogP contribution is -1.91. The van der Waals surface area contributed by atoms with Gasteiger partial charge in [-0.2, -0.15) is 11.3 Å². The summed E-state index contributed by atoms with van der Waals surface area (Å²) in [6.45, 7) is 2.10. The highest BCUT2D eigenvalue weighted by Crippen LogP contribution is 2.29. The molecular formula is C12H13BrOS. The second kappa shape index (κ2) is 4.99. The number of halogens is 1. The topological polar surface area (TPSA) is 13.1 Å². The zero-order valence-corrected chi connectivity index (χ0v) is 11.0. The van der Waals surface area contributed by atoms with Crippen molar-refractivity contribution in [2.45, 2.75) is 24.6 Å². The van der Waals surface area contributed by atoms with E-state index < -0.39 is 0 Å². The zero-order chi connectivity index (χ0) is 10.7. The van der Waals surface area contributed by atoms with E-state index in [-0.39, 0.29) is 4.83 Å². The average Bonchev–Trinajstić information content (AvgIpc) is 2.86. The van der Waals surface area contributed by atoms with Gasteiger partial charge in [0.05, 0.1) is 4.83 Å². The molecule has 0 aliphatic rings. The van der Waals surface area contributed by atoms with Gasteiger partial charge < -0.3 is 4.42 Å². The van der Waals surface area contributed by atoms with E-state index in [0.29, 0.717) is 0 Å². The first kappa shape index (κ1) is 11.0. The number of hydrogen-bond acceptors (Lipinski definition) is 2. The fraction of sp³-hybridized carbons (Fsp3) is 0.333. The van der Waals surface area contributed by atoms with Crippen LogP contribution >= 0.6 is 27.3 Å². The largest absolute Gasteiger partial charge is 0.465 e. The maximum atomic E-state index is 5.70. The van der Waals surface area contributed by atoms with Gasteiger partial charge in [0.25, 0.3) is 0 Å². The third-order valence-corrected chi connectivity index (χ3v) is 3.84. The van der Waals surface area contributed by atoms with Crippen molar-refractivity contribution in [2.24, 2.45) is 0 Å². The van der Waals surface area contributed by atoms with Crippen LogP contribution in [-0.4, -0.2) is 0 Å². The molecule has 0 aromatic carbocycles. The van der Waals surface area contributed by atoms with Gasteiger partial charge in [-0.05, 0) is 40.9 Å². The molecule has 0 bridgehead atoms. The van der Waals surface area contributed by atoms with Crippen LogP contribution in [0, 0.1) is 0 Å². The van der Waals surface area contributed by atoms with Crippen LogP contribution in [0.4, 0.5) is 0 Å². The van der Waals surface area contributed by atoms with Crippen molar-refractivity contribution < 1.29 is 4.42 Å². The molecule has 0 N–H and O–H groups in total. The van der Waals surface area contributed by atoms with E-state index in [0.717, 1.165) is 24.4 Å². The number of furan rings is 1. The van der Waals surface area contributed by atoms with Crippen molar-refractivity contribution in [3.63, 3.8) is 0 Å². The summed E-state index contributed by atoms with van der Waals surface area (Å²) in [6, 6.07) is 6.27. The van der Waals surface area contributed by atoms with E-state index in [4.69, 9.17) is 4.42 Å². The van der Waals surface area contributed by atoms with Gasteiger partial charge in [0.1, 0.15) is 11.5 Å². The van der Waals surface area contributed by atoms with Gasteiger partial charge >= 0.3 is 0 Å². The highest BCUT2D eigenvalue weighted by Gasteiger charge is 2.12. The molecule has 0 fully saturated rings. The first-order valence-corrected chi connectivity index (χ1v) is 6.89. The third-order valence-electron chi connectivity index (χ3n) is 2.33. The molecule has 2 aromatic rings. The Hall–Kier alpha value is -0.540. The van der Waals surface area contributed by atoms with E-state index in [1.54, 1.807) is 11.3 Å². The van der Waals surface area contributed by atoms with Crippen molar-refractivity contribution in [3.8, 4) is 0 Å². The van der Waals surface area contributed by atoms with Gasteiger partial charge in [-0.1, -0.05) is 22.9 Å². The molecule has 2 heterocycles. The number of aryl methyl sites for hydroxylation is 1. The molecule has 3 heteroatoms. The summed E-state index contributed by atoms with van der Waals surface area (Å²) in [6.07, 6.45) is 1.94. The van der Waals surface area contributed by atoms with Crippen LogP contribution in [0.3, 0.4) is 0 Å². The maximum Gasteiger partial charge on any atom is 0.118 e. The minimum absolute atomic E-state index is 0.285. The first-order chi connectivity index (χ1) is 7.29. The molecule has 1 atom stereocenters. The molecule has 1 nitrogen and oxygen atoms in total. The van der Waals surface area contributed by atoms with Gasteiger partial charge in [0.15, 0.2) is 0 Å². The van der Waals surface area contributed by atoms with Crippen LogP contribution in [0.5, 0.6) is 0 Å². The molecule has 0 saturated carbocycles. The lowest BCUT2D eigenvalue weighted by molar-refractivity contribution is 0.467. The highest BCUT2D eigenvalue weighted by molar-refractivity contribution is 9.09. The number of hydrogen-bond donors (Lipinski definition) is 0. The zero-order valence-electron chi connectivity index (χ0n) is 8.57. The molecule has 0 spiro atoms. The second-order valence-corrected chi connectivity index (χ2v) is 5.35. The monoisotopic (exact) mass is 284 g/mol. The van der Waals surface area contributed by atoms with Gasteiger partial charge in [-0.3, -0.25) is 0 Å². The van der Waals surface area contributed by atoms with Gasteiger partial charge in [-0.15, -0.1) is 0 Å². The fourth-order valence-electron chi connectivity index (χ4n) is 1.47. The summed E-state index contributed by atoms with van der Waals surface area (Å²) in [5.74, 6) is 2.08. The van der Waals surface area contributed by atoms with Crippen LogP contribution in [0.25, 0.3) is 0 Å². The van der Waals surface area contributed by atoms with Crippen LogP contribution in [0.2, 0.25) is 0 Å². The average molecular weight is 285 g/mol. The lowest BCUT2D eigenvalue weighted by Gasteiger charge is -2.04. The quantitative estimate of drug-likeness (QED) is 0.749. The molecule has 0 aliphatic heterocycles. The lowest BCUT2D eigenvalue weighted by atomic mass is 10.1. The van der Waals surface area contributed by atoms with Crippen LogP contribution in [0.15, 0.2) is 33.4 Å². The SMILES string of the molecule is CCc1ccc(C(Br)Cc2ccsc2)o1. The summed E-state index contributed by atoms with van der Waals surface area (Å²) in [4.78, 5) is 0.285. The van der Waals surface area contributed by atoms with Crippen molar-refractivity contribution in [1.29, 1.82) is 0 Å². The predicted octanol–water partition coefficient (Wildman–Crippen LogP) is 4.58. The number of alkyl halides is 1. The number of thiophene rings is 1. The van der Waals surface area contributed by atoms with E-state index >= 15 is 0 Å². The van der Waals surface area contributed by atoms with Crippen molar-refractivity contribution in [2.75, 3.05) is 0 Å².